The number of ether oxygens (including phenoxy) is 3. The third-order valence-electron chi connectivity index (χ3n) is 4.76. The first-order valence-electron chi connectivity index (χ1n) is 11.0. The lowest BCUT2D eigenvalue weighted by Crippen LogP contribution is -2.22. The predicted octanol–water partition coefficient (Wildman–Crippen LogP) is 2.03. The molecule has 3 rings (SSSR count). The number of thioether (sulfide) groups is 1. The molecule has 0 aliphatic carbocycles. The van der Waals surface area contributed by atoms with Crippen molar-refractivity contribution in [2.24, 2.45) is 0 Å². The Labute approximate surface area is 216 Å². The van der Waals surface area contributed by atoms with E-state index >= 15 is 0 Å². The molecule has 1 heterocycles. The fraction of sp³-hybridized carbons (Fsp3) is 0.250. The first-order chi connectivity index (χ1) is 17.9. The van der Waals surface area contributed by atoms with Crippen LogP contribution in [0.3, 0.4) is 0 Å². The number of H-pyrrole nitrogens is 1. The first kappa shape index (κ1) is 27.2. The van der Waals surface area contributed by atoms with E-state index in [0.717, 1.165) is 11.8 Å². The molecule has 194 valence electrons. The third kappa shape index (κ3) is 8.96. The molecule has 3 aromatic rings. The van der Waals surface area contributed by atoms with Gasteiger partial charge in [0, 0.05) is 17.8 Å². The van der Waals surface area contributed by atoms with Gasteiger partial charge in [-0.3, -0.25) is 24.2 Å². The summed E-state index contributed by atoms with van der Waals surface area (Å²) >= 11 is 1.01. The van der Waals surface area contributed by atoms with Crippen LogP contribution in [0.5, 0.6) is 11.5 Å². The molecule has 0 atom stereocenters. The first-order valence-corrected chi connectivity index (χ1v) is 12.0. The second-order valence-electron chi connectivity index (χ2n) is 7.41. The zero-order chi connectivity index (χ0) is 26.6. The van der Waals surface area contributed by atoms with E-state index < -0.39 is 24.0 Å². The number of esters is 1. The van der Waals surface area contributed by atoms with E-state index in [1.807, 2.05) is 0 Å². The van der Waals surface area contributed by atoms with Crippen molar-refractivity contribution in [1.29, 1.82) is 0 Å². The molecule has 0 aliphatic heterocycles. The second-order valence-corrected chi connectivity index (χ2v) is 8.37. The van der Waals surface area contributed by atoms with Crippen LogP contribution in [0.1, 0.15) is 12.1 Å². The van der Waals surface area contributed by atoms with Crippen molar-refractivity contribution in [1.82, 2.24) is 15.2 Å². The van der Waals surface area contributed by atoms with Crippen molar-refractivity contribution < 1.29 is 28.6 Å². The van der Waals surface area contributed by atoms with Crippen molar-refractivity contribution >= 4 is 40.9 Å². The molecule has 13 heteroatoms. The number of nitrogens with zero attached hydrogens (tertiary/aromatic N) is 2. The van der Waals surface area contributed by atoms with Crippen LogP contribution in [0, 0.1) is 0 Å². The van der Waals surface area contributed by atoms with Gasteiger partial charge in [-0.25, -0.2) is 0 Å². The van der Waals surface area contributed by atoms with Gasteiger partial charge in [0.25, 0.3) is 11.5 Å². The van der Waals surface area contributed by atoms with Crippen LogP contribution in [0.2, 0.25) is 0 Å². The maximum Gasteiger partial charge on any atom is 0.306 e. The summed E-state index contributed by atoms with van der Waals surface area (Å²) in [4.78, 5) is 50.8. The molecule has 1 aromatic heterocycles. The van der Waals surface area contributed by atoms with Crippen molar-refractivity contribution in [3.63, 3.8) is 0 Å². The summed E-state index contributed by atoms with van der Waals surface area (Å²) < 4.78 is 15.1. The molecule has 0 spiro atoms. The second kappa shape index (κ2) is 13.6. The number of nitrogens with one attached hydrogen (secondary N) is 3. The molecule has 0 saturated carbocycles. The summed E-state index contributed by atoms with van der Waals surface area (Å²) in [5.41, 5.74) is 0.635. The summed E-state index contributed by atoms with van der Waals surface area (Å²) in [6.07, 6.45) is -0.186. The summed E-state index contributed by atoms with van der Waals surface area (Å²) in [6.45, 7) is -0.471. The topological polar surface area (TPSA) is 162 Å². The van der Waals surface area contributed by atoms with Crippen molar-refractivity contribution in [3.8, 4) is 11.5 Å². The normalized spacial score (nSPS) is 10.3. The maximum absolute atomic E-state index is 12.3. The van der Waals surface area contributed by atoms with Gasteiger partial charge in [0.1, 0.15) is 17.2 Å². The van der Waals surface area contributed by atoms with Gasteiger partial charge in [0.15, 0.2) is 11.8 Å². The number of benzene rings is 2. The Hall–Kier alpha value is -4.39. The molecule has 2 aromatic carbocycles. The monoisotopic (exact) mass is 527 g/mol. The smallest absolute Gasteiger partial charge is 0.306 e. The Morgan fingerprint density at radius 1 is 0.865 bits per heavy atom. The Kier molecular flexibility index (Phi) is 10.0. The van der Waals surface area contributed by atoms with E-state index in [9.17, 15) is 19.2 Å². The predicted molar refractivity (Wildman–Crippen MR) is 136 cm³/mol. The average molecular weight is 528 g/mol. The number of hydrogen-bond acceptors (Lipinski definition) is 10. The van der Waals surface area contributed by atoms with Crippen LogP contribution in [-0.4, -0.2) is 59.5 Å². The van der Waals surface area contributed by atoms with Crippen LogP contribution in [0.4, 0.5) is 11.4 Å². The summed E-state index contributed by atoms with van der Waals surface area (Å²) in [7, 11) is 3.08. The Morgan fingerprint density at radius 2 is 1.43 bits per heavy atom. The number of anilines is 2. The van der Waals surface area contributed by atoms with Crippen LogP contribution in [0.25, 0.3) is 0 Å². The third-order valence-corrected chi connectivity index (χ3v) is 5.63. The molecule has 2 amide bonds. The van der Waals surface area contributed by atoms with E-state index in [-0.39, 0.29) is 35.4 Å². The molecule has 0 radical (unpaired) electrons. The van der Waals surface area contributed by atoms with E-state index in [4.69, 9.17) is 14.2 Å². The van der Waals surface area contributed by atoms with Gasteiger partial charge in [0.05, 0.1) is 26.4 Å². The maximum atomic E-state index is 12.3. The number of methoxy groups -OCH3 is 2. The number of amides is 2. The Bertz CT molecular complexity index is 1280. The van der Waals surface area contributed by atoms with Crippen molar-refractivity contribution in [2.45, 2.75) is 18.0 Å². The lowest BCUT2D eigenvalue weighted by Gasteiger charge is -2.07. The molecule has 0 unspecified atom stereocenters. The molecule has 37 heavy (non-hydrogen) atoms. The number of rotatable bonds is 12. The van der Waals surface area contributed by atoms with Gasteiger partial charge in [-0.1, -0.05) is 11.8 Å². The van der Waals surface area contributed by atoms with E-state index in [0.29, 0.717) is 22.9 Å². The zero-order valence-electron chi connectivity index (χ0n) is 20.1. The number of carbonyl (C=O) groups is 3. The minimum Gasteiger partial charge on any atom is -0.497 e. The highest BCUT2D eigenvalue weighted by atomic mass is 32.2. The average Bonchev–Trinajstić information content (AvgIpc) is 2.91. The number of aromatic nitrogens is 3. The van der Waals surface area contributed by atoms with Gasteiger partial charge in [-0.2, -0.15) is 0 Å². The van der Waals surface area contributed by atoms with Crippen molar-refractivity contribution in [3.05, 3.63) is 64.6 Å². The fourth-order valence-electron chi connectivity index (χ4n) is 2.89. The van der Waals surface area contributed by atoms with Gasteiger partial charge < -0.3 is 24.8 Å². The SMILES string of the molecule is COc1ccc(NC(=O)COC(=O)CCc2nnc(SCC(=O)Nc3ccc(OC)cc3)[nH]c2=O)cc1. The zero-order valence-corrected chi connectivity index (χ0v) is 20.9. The summed E-state index contributed by atoms with van der Waals surface area (Å²) in [5.74, 6) is -0.150. The minimum absolute atomic E-state index is 0.000904. The van der Waals surface area contributed by atoms with Gasteiger partial charge >= 0.3 is 5.97 Å². The van der Waals surface area contributed by atoms with Crippen LogP contribution in [0.15, 0.2) is 58.5 Å². The van der Waals surface area contributed by atoms with E-state index in [1.165, 1.54) is 7.11 Å². The fourth-order valence-corrected chi connectivity index (χ4v) is 3.49. The standard InChI is InChI=1S/C24H25N5O7S/c1-34-17-7-3-15(4-8-17)25-20(30)13-36-22(32)12-11-19-23(33)27-24(29-28-19)37-14-21(31)26-16-5-9-18(35-2)10-6-16/h3-10H,11-14H2,1-2H3,(H,25,30)(H,26,31)(H,27,29,33). The van der Waals surface area contributed by atoms with Gasteiger partial charge in [-0.05, 0) is 48.5 Å². The van der Waals surface area contributed by atoms with Gasteiger partial charge in [-0.15, -0.1) is 10.2 Å². The summed E-state index contributed by atoms with van der Waals surface area (Å²) in [6, 6.07) is 13.5. The molecular weight excluding hydrogens is 502 g/mol. The molecule has 12 nitrogen and oxygen atoms in total. The summed E-state index contributed by atoms with van der Waals surface area (Å²) in [5, 5.41) is 13.2. The largest absolute Gasteiger partial charge is 0.497 e. The van der Waals surface area contributed by atoms with E-state index in [1.54, 1.807) is 55.6 Å². The highest BCUT2D eigenvalue weighted by Crippen LogP contribution is 2.17. The molecular formula is C24H25N5O7S. The van der Waals surface area contributed by atoms with Gasteiger partial charge in [0.2, 0.25) is 5.91 Å². The Morgan fingerprint density at radius 3 is 1.97 bits per heavy atom. The molecule has 0 aliphatic rings. The lowest BCUT2D eigenvalue weighted by atomic mass is 10.2. The van der Waals surface area contributed by atoms with Crippen LogP contribution < -0.4 is 25.7 Å². The van der Waals surface area contributed by atoms with Crippen molar-refractivity contribution in [2.75, 3.05) is 37.2 Å². The molecule has 0 fully saturated rings. The Balaban J connectivity index is 1.38. The quantitative estimate of drug-likeness (QED) is 0.235. The number of hydrogen-bond donors (Lipinski definition) is 3. The molecule has 0 bridgehead atoms. The molecule has 0 saturated heterocycles. The number of aryl methyl sites for hydroxylation is 1. The number of aromatic amines is 1. The molecule has 3 N–H and O–H groups in total. The van der Waals surface area contributed by atoms with Crippen LogP contribution in [-0.2, 0) is 25.5 Å². The number of carbonyl (C=O) groups excluding carboxylic acids is 3. The van der Waals surface area contributed by atoms with Crippen LogP contribution >= 0.6 is 11.8 Å². The minimum atomic E-state index is -0.667. The highest BCUT2D eigenvalue weighted by molar-refractivity contribution is 7.99. The van der Waals surface area contributed by atoms with E-state index in [2.05, 4.69) is 25.8 Å². The lowest BCUT2D eigenvalue weighted by molar-refractivity contribution is -0.147. The highest BCUT2D eigenvalue weighted by Gasteiger charge is 2.13.